The van der Waals surface area contributed by atoms with E-state index in [1.54, 1.807) is 12.1 Å². The molecule has 1 N–H and O–H groups in total. The molecule has 0 saturated carbocycles. The van der Waals surface area contributed by atoms with E-state index in [0.29, 0.717) is 16.0 Å². The van der Waals surface area contributed by atoms with Crippen LogP contribution in [0.2, 0.25) is 5.02 Å². The highest BCUT2D eigenvalue weighted by molar-refractivity contribution is 8.00. The molecule has 1 amide bonds. The first kappa shape index (κ1) is 20.7. The molecule has 0 bridgehead atoms. The van der Waals surface area contributed by atoms with Crippen LogP contribution >= 0.6 is 23.4 Å². The maximum Gasteiger partial charge on any atom is 0.238 e. The summed E-state index contributed by atoms with van der Waals surface area (Å²) in [5.41, 5.74) is 2.17. The van der Waals surface area contributed by atoms with Crippen LogP contribution in [0, 0.1) is 6.92 Å². The van der Waals surface area contributed by atoms with Gasteiger partial charge in [0.2, 0.25) is 11.9 Å². The van der Waals surface area contributed by atoms with Crippen LogP contribution in [0.4, 0.5) is 11.8 Å². The van der Waals surface area contributed by atoms with Gasteiger partial charge in [-0.1, -0.05) is 41.1 Å². The van der Waals surface area contributed by atoms with E-state index >= 15 is 0 Å². The molecule has 3 aromatic rings. The molecule has 1 atom stereocenters. The summed E-state index contributed by atoms with van der Waals surface area (Å²) in [5.74, 6) is 1.14. The number of carbonyl (C=O) groups excluding carboxylic acids is 1. The molecule has 156 valence electrons. The summed E-state index contributed by atoms with van der Waals surface area (Å²) < 4.78 is 2.04. The zero-order valence-corrected chi connectivity index (χ0v) is 18.5. The Bertz CT molecular complexity index is 1010. The van der Waals surface area contributed by atoms with Gasteiger partial charge in [0.05, 0.1) is 16.0 Å². The van der Waals surface area contributed by atoms with Gasteiger partial charge in [0.15, 0.2) is 5.16 Å². The fraction of sp³-hybridized carbons (Fsp3) is 0.333. The molecule has 0 spiro atoms. The summed E-state index contributed by atoms with van der Waals surface area (Å²) in [5, 5.41) is 12.5. The number of pyridine rings is 1. The van der Waals surface area contributed by atoms with Crippen molar-refractivity contribution in [3.63, 3.8) is 0 Å². The van der Waals surface area contributed by atoms with E-state index in [-0.39, 0.29) is 11.2 Å². The molecule has 1 aromatic carbocycles. The van der Waals surface area contributed by atoms with Crippen molar-refractivity contribution in [2.45, 2.75) is 37.1 Å². The SMILES string of the molecule is Cc1ccc(-n2c(SC(C)C(=O)Nc3ccc(Cl)cn3)nnc2N2CCCC2)cc1. The number of thioether (sulfide) groups is 1. The third-order valence-electron chi connectivity index (χ3n) is 4.93. The lowest BCUT2D eigenvalue weighted by molar-refractivity contribution is -0.115. The summed E-state index contributed by atoms with van der Waals surface area (Å²) in [4.78, 5) is 19.1. The van der Waals surface area contributed by atoms with Crippen LogP contribution in [0.5, 0.6) is 0 Å². The molecule has 2 aromatic heterocycles. The maximum atomic E-state index is 12.7. The number of amides is 1. The van der Waals surface area contributed by atoms with Crippen LogP contribution < -0.4 is 10.2 Å². The molecule has 3 heterocycles. The summed E-state index contributed by atoms with van der Waals surface area (Å²) in [6, 6.07) is 11.6. The highest BCUT2D eigenvalue weighted by Gasteiger charge is 2.25. The van der Waals surface area contributed by atoms with Crippen molar-refractivity contribution in [3.8, 4) is 5.69 Å². The second-order valence-electron chi connectivity index (χ2n) is 7.26. The van der Waals surface area contributed by atoms with E-state index in [9.17, 15) is 4.79 Å². The number of carbonyl (C=O) groups is 1. The Morgan fingerprint density at radius 3 is 2.53 bits per heavy atom. The minimum Gasteiger partial charge on any atom is -0.341 e. The number of hydrogen-bond acceptors (Lipinski definition) is 6. The Morgan fingerprint density at radius 2 is 1.87 bits per heavy atom. The number of nitrogens with one attached hydrogen (secondary N) is 1. The summed E-state index contributed by atoms with van der Waals surface area (Å²) in [7, 11) is 0. The molecule has 30 heavy (non-hydrogen) atoms. The topological polar surface area (TPSA) is 75.9 Å². The zero-order chi connectivity index (χ0) is 21.1. The Hall–Kier alpha value is -2.58. The third-order valence-corrected chi connectivity index (χ3v) is 6.19. The standard InChI is InChI=1S/C21H23ClN6OS/c1-14-5-8-17(9-6-14)28-20(27-11-3-4-12-27)25-26-21(28)30-15(2)19(29)24-18-10-7-16(22)13-23-18/h5-10,13,15H,3-4,11-12H2,1-2H3,(H,23,24,29). The average Bonchev–Trinajstić information content (AvgIpc) is 3.40. The number of hydrogen-bond donors (Lipinski definition) is 1. The van der Waals surface area contributed by atoms with Crippen LogP contribution in [-0.2, 0) is 4.79 Å². The molecule has 1 aliphatic heterocycles. The van der Waals surface area contributed by atoms with Crippen molar-refractivity contribution in [2.75, 3.05) is 23.3 Å². The summed E-state index contributed by atoms with van der Waals surface area (Å²) in [6.45, 7) is 5.84. The fourth-order valence-electron chi connectivity index (χ4n) is 3.27. The monoisotopic (exact) mass is 442 g/mol. The van der Waals surface area contributed by atoms with Crippen molar-refractivity contribution in [2.24, 2.45) is 0 Å². The van der Waals surface area contributed by atoms with Gasteiger partial charge in [-0.15, -0.1) is 10.2 Å². The lowest BCUT2D eigenvalue weighted by Crippen LogP contribution is -2.24. The molecule has 0 radical (unpaired) electrons. The predicted octanol–water partition coefficient (Wildman–Crippen LogP) is 4.34. The number of rotatable bonds is 6. The minimum atomic E-state index is -0.387. The Kier molecular flexibility index (Phi) is 6.24. The second kappa shape index (κ2) is 9.06. The maximum absolute atomic E-state index is 12.7. The van der Waals surface area contributed by atoms with Crippen molar-refractivity contribution in [3.05, 3.63) is 53.2 Å². The van der Waals surface area contributed by atoms with Gasteiger partial charge in [-0.3, -0.25) is 9.36 Å². The van der Waals surface area contributed by atoms with Crippen molar-refractivity contribution in [1.82, 2.24) is 19.7 Å². The number of benzene rings is 1. The largest absolute Gasteiger partial charge is 0.341 e. The van der Waals surface area contributed by atoms with Gasteiger partial charge in [0, 0.05) is 19.3 Å². The minimum absolute atomic E-state index is 0.156. The van der Waals surface area contributed by atoms with E-state index in [4.69, 9.17) is 11.6 Å². The van der Waals surface area contributed by atoms with Crippen molar-refractivity contribution >= 4 is 41.0 Å². The number of nitrogens with zero attached hydrogens (tertiary/aromatic N) is 5. The second-order valence-corrected chi connectivity index (χ2v) is 9.00. The Labute approximate surface area is 184 Å². The Balaban J connectivity index is 1.57. The molecular formula is C21H23ClN6OS. The lowest BCUT2D eigenvalue weighted by Gasteiger charge is -2.19. The quantitative estimate of drug-likeness (QED) is 0.572. The lowest BCUT2D eigenvalue weighted by atomic mass is 10.2. The van der Waals surface area contributed by atoms with E-state index in [2.05, 4.69) is 56.6 Å². The van der Waals surface area contributed by atoms with Gasteiger partial charge in [0.25, 0.3) is 0 Å². The molecule has 1 unspecified atom stereocenters. The first-order valence-electron chi connectivity index (χ1n) is 9.88. The van der Waals surface area contributed by atoms with Crippen LogP contribution in [-0.4, -0.2) is 44.0 Å². The van der Waals surface area contributed by atoms with Gasteiger partial charge in [-0.2, -0.15) is 0 Å². The molecule has 1 aliphatic rings. The van der Waals surface area contributed by atoms with Gasteiger partial charge in [-0.05, 0) is 51.0 Å². The van der Waals surface area contributed by atoms with Crippen LogP contribution in [0.15, 0.2) is 47.8 Å². The van der Waals surface area contributed by atoms with E-state index in [1.807, 2.05) is 11.5 Å². The molecule has 9 heteroatoms. The first-order valence-corrected chi connectivity index (χ1v) is 11.1. The van der Waals surface area contributed by atoms with Crippen LogP contribution in [0.1, 0.15) is 25.3 Å². The molecule has 4 rings (SSSR count). The molecular weight excluding hydrogens is 420 g/mol. The third kappa shape index (κ3) is 4.60. The number of aromatic nitrogens is 4. The predicted molar refractivity (Wildman–Crippen MR) is 121 cm³/mol. The van der Waals surface area contributed by atoms with Crippen molar-refractivity contribution < 1.29 is 4.79 Å². The van der Waals surface area contributed by atoms with Gasteiger partial charge < -0.3 is 10.2 Å². The van der Waals surface area contributed by atoms with Gasteiger partial charge >= 0.3 is 0 Å². The normalized spacial score (nSPS) is 14.7. The number of aryl methyl sites for hydroxylation is 1. The van der Waals surface area contributed by atoms with Gasteiger partial charge in [0.1, 0.15) is 5.82 Å². The summed E-state index contributed by atoms with van der Waals surface area (Å²) >= 11 is 7.23. The summed E-state index contributed by atoms with van der Waals surface area (Å²) in [6.07, 6.45) is 3.80. The first-order chi connectivity index (χ1) is 14.5. The molecule has 1 fully saturated rings. The fourth-order valence-corrected chi connectivity index (χ4v) is 4.24. The van der Waals surface area contributed by atoms with Crippen LogP contribution in [0.25, 0.3) is 5.69 Å². The average molecular weight is 443 g/mol. The number of halogens is 1. The number of anilines is 2. The molecule has 0 aliphatic carbocycles. The van der Waals surface area contributed by atoms with E-state index in [0.717, 1.165) is 37.6 Å². The van der Waals surface area contributed by atoms with Gasteiger partial charge in [-0.25, -0.2) is 4.98 Å². The van der Waals surface area contributed by atoms with Crippen LogP contribution in [0.3, 0.4) is 0 Å². The van der Waals surface area contributed by atoms with E-state index < -0.39 is 0 Å². The molecule has 7 nitrogen and oxygen atoms in total. The molecule has 1 saturated heterocycles. The highest BCUT2D eigenvalue weighted by atomic mass is 35.5. The van der Waals surface area contributed by atoms with Crippen molar-refractivity contribution in [1.29, 1.82) is 0 Å². The Morgan fingerprint density at radius 1 is 1.13 bits per heavy atom. The van der Waals surface area contributed by atoms with E-state index in [1.165, 1.54) is 23.5 Å². The highest BCUT2D eigenvalue weighted by Crippen LogP contribution is 2.31. The smallest absolute Gasteiger partial charge is 0.238 e. The zero-order valence-electron chi connectivity index (χ0n) is 16.9.